The van der Waals surface area contributed by atoms with Crippen LogP contribution >= 0.6 is 0 Å². The first kappa shape index (κ1) is 9.99. The van der Waals surface area contributed by atoms with Gasteiger partial charge in [-0.1, -0.05) is 0 Å². The van der Waals surface area contributed by atoms with Crippen molar-refractivity contribution in [2.24, 2.45) is 0 Å². The van der Waals surface area contributed by atoms with Gasteiger partial charge in [-0.25, -0.2) is 0 Å². The minimum absolute atomic E-state index is 0.0938. The van der Waals surface area contributed by atoms with Crippen LogP contribution in [0.4, 0.5) is 0 Å². The molecular weight excluding hydrogens is 96.0 g/mol. The molecular formula is C4H12O3. The van der Waals surface area contributed by atoms with Gasteiger partial charge < -0.3 is 15.3 Å². The molecule has 0 bridgehead atoms. The molecule has 0 radical (unpaired) electrons. The largest absolute Gasteiger partial charge is 0.400 e. The molecule has 0 rings (SSSR count). The van der Waals surface area contributed by atoms with Crippen LogP contribution in [-0.4, -0.2) is 35.6 Å². The van der Waals surface area contributed by atoms with Crippen LogP contribution in [0.1, 0.15) is 6.42 Å². The molecule has 0 aliphatic rings. The molecule has 0 aliphatic heterocycles. The Morgan fingerprint density at radius 1 is 1.00 bits per heavy atom. The van der Waals surface area contributed by atoms with E-state index in [1.54, 1.807) is 0 Å². The predicted molar refractivity (Wildman–Crippen MR) is 26.9 cm³/mol. The molecule has 0 saturated heterocycles. The summed E-state index contributed by atoms with van der Waals surface area (Å²) >= 11 is 0. The lowest BCUT2D eigenvalue weighted by Gasteiger charge is -1.79. The summed E-state index contributed by atoms with van der Waals surface area (Å²) in [4.78, 5) is 0. The second kappa shape index (κ2) is 16.9. The van der Waals surface area contributed by atoms with Crippen LogP contribution in [0, 0.1) is 0 Å². The Bertz CT molecular complexity index is 14.4. The molecule has 0 aliphatic carbocycles. The Kier molecular flexibility index (Phi) is 24.1. The lowest BCUT2D eigenvalue weighted by Crippen LogP contribution is -1.85. The zero-order chi connectivity index (χ0) is 6.12. The van der Waals surface area contributed by atoms with Crippen molar-refractivity contribution in [1.82, 2.24) is 0 Å². The summed E-state index contributed by atoms with van der Waals surface area (Å²) < 4.78 is 0. The highest BCUT2D eigenvalue weighted by molar-refractivity contribution is 4.22. The maximum atomic E-state index is 7.91. The number of rotatable bonds is 2. The SMILES string of the molecule is CO.OCCCO. The number of hydrogen-bond donors (Lipinski definition) is 3. The highest BCUT2D eigenvalue weighted by atomic mass is 16.3. The second-order valence-corrected chi connectivity index (χ2v) is 0.801. The average Bonchev–Trinajstić information content (AvgIpc) is 1.75. The fourth-order valence-electron chi connectivity index (χ4n) is 0.0707. The van der Waals surface area contributed by atoms with Crippen molar-refractivity contribution >= 4 is 0 Å². The zero-order valence-corrected chi connectivity index (χ0v) is 4.46. The summed E-state index contributed by atoms with van der Waals surface area (Å²) in [7, 11) is 1.00. The normalized spacial score (nSPS) is 6.86. The average molecular weight is 108 g/mol. The predicted octanol–water partition coefficient (Wildman–Crippen LogP) is -1.03. The Morgan fingerprint density at radius 2 is 1.29 bits per heavy atom. The minimum atomic E-state index is 0.0938. The second-order valence-electron chi connectivity index (χ2n) is 0.801. The van der Waals surface area contributed by atoms with E-state index in [0.717, 1.165) is 7.11 Å². The highest BCUT2D eigenvalue weighted by Crippen LogP contribution is 1.65. The van der Waals surface area contributed by atoms with Crippen LogP contribution in [0.25, 0.3) is 0 Å². The van der Waals surface area contributed by atoms with Gasteiger partial charge in [0, 0.05) is 20.3 Å². The van der Waals surface area contributed by atoms with E-state index in [1.165, 1.54) is 0 Å². The molecule has 7 heavy (non-hydrogen) atoms. The fraction of sp³-hybridized carbons (Fsp3) is 1.00. The topological polar surface area (TPSA) is 60.7 Å². The van der Waals surface area contributed by atoms with E-state index in [-0.39, 0.29) is 13.2 Å². The maximum Gasteiger partial charge on any atom is 0.0452 e. The Balaban J connectivity index is 0. The van der Waals surface area contributed by atoms with Crippen LogP contribution in [0.5, 0.6) is 0 Å². The summed E-state index contributed by atoms with van der Waals surface area (Å²) in [6.07, 6.45) is 0.500. The monoisotopic (exact) mass is 108 g/mol. The highest BCUT2D eigenvalue weighted by Gasteiger charge is 1.70. The van der Waals surface area contributed by atoms with E-state index in [1.807, 2.05) is 0 Å². The van der Waals surface area contributed by atoms with Crippen LogP contribution < -0.4 is 0 Å². The van der Waals surface area contributed by atoms with E-state index in [0.29, 0.717) is 6.42 Å². The van der Waals surface area contributed by atoms with E-state index in [4.69, 9.17) is 15.3 Å². The van der Waals surface area contributed by atoms with E-state index < -0.39 is 0 Å². The van der Waals surface area contributed by atoms with Crippen LogP contribution in [0.15, 0.2) is 0 Å². The lowest BCUT2D eigenvalue weighted by atomic mass is 10.5. The molecule has 0 fully saturated rings. The lowest BCUT2D eigenvalue weighted by molar-refractivity contribution is 0.221. The summed E-state index contributed by atoms with van der Waals surface area (Å²) in [6.45, 7) is 0.188. The molecule has 0 unspecified atom stereocenters. The first-order valence-electron chi connectivity index (χ1n) is 2.08. The van der Waals surface area contributed by atoms with E-state index in [9.17, 15) is 0 Å². The van der Waals surface area contributed by atoms with Gasteiger partial charge in [0.25, 0.3) is 0 Å². The van der Waals surface area contributed by atoms with Gasteiger partial charge in [0.05, 0.1) is 0 Å². The van der Waals surface area contributed by atoms with Gasteiger partial charge in [-0.05, 0) is 6.42 Å². The zero-order valence-electron chi connectivity index (χ0n) is 4.46. The Hall–Kier alpha value is -0.120. The van der Waals surface area contributed by atoms with Crippen molar-refractivity contribution in [2.45, 2.75) is 6.42 Å². The molecule has 46 valence electrons. The quantitative estimate of drug-likeness (QED) is 0.424. The number of hydrogen-bond acceptors (Lipinski definition) is 3. The van der Waals surface area contributed by atoms with Crippen molar-refractivity contribution in [3.05, 3.63) is 0 Å². The van der Waals surface area contributed by atoms with Crippen molar-refractivity contribution in [2.75, 3.05) is 20.3 Å². The van der Waals surface area contributed by atoms with Gasteiger partial charge in [0.1, 0.15) is 0 Å². The summed E-state index contributed by atoms with van der Waals surface area (Å²) in [5, 5.41) is 22.8. The van der Waals surface area contributed by atoms with Gasteiger partial charge in [-0.15, -0.1) is 0 Å². The summed E-state index contributed by atoms with van der Waals surface area (Å²) in [5.74, 6) is 0. The van der Waals surface area contributed by atoms with Crippen LogP contribution in [0.2, 0.25) is 0 Å². The molecule has 0 aromatic rings. The van der Waals surface area contributed by atoms with Gasteiger partial charge in [-0.3, -0.25) is 0 Å². The first-order valence-corrected chi connectivity index (χ1v) is 2.08. The summed E-state index contributed by atoms with van der Waals surface area (Å²) in [5.41, 5.74) is 0. The molecule has 3 nitrogen and oxygen atoms in total. The van der Waals surface area contributed by atoms with Crippen molar-refractivity contribution < 1.29 is 15.3 Å². The van der Waals surface area contributed by atoms with Crippen LogP contribution in [-0.2, 0) is 0 Å². The molecule has 0 heterocycles. The van der Waals surface area contributed by atoms with Crippen molar-refractivity contribution in [3.8, 4) is 0 Å². The Morgan fingerprint density at radius 3 is 1.29 bits per heavy atom. The third kappa shape index (κ3) is 25.0. The van der Waals surface area contributed by atoms with Gasteiger partial charge in [0.15, 0.2) is 0 Å². The molecule has 0 aromatic heterocycles. The van der Waals surface area contributed by atoms with E-state index >= 15 is 0 Å². The molecule has 0 aromatic carbocycles. The number of aliphatic hydroxyl groups excluding tert-OH is 3. The van der Waals surface area contributed by atoms with Crippen molar-refractivity contribution in [3.63, 3.8) is 0 Å². The smallest absolute Gasteiger partial charge is 0.0452 e. The van der Waals surface area contributed by atoms with Crippen molar-refractivity contribution in [1.29, 1.82) is 0 Å². The third-order valence-corrected chi connectivity index (χ3v) is 0.316. The first-order chi connectivity index (χ1) is 3.41. The molecule has 0 saturated carbocycles. The number of aliphatic hydroxyl groups is 3. The molecule has 0 spiro atoms. The summed E-state index contributed by atoms with van der Waals surface area (Å²) in [6, 6.07) is 0. The molecule has 3 heteroatoms. The maximum absolute atomic E-state index is 7.91. The third-order valence-electron chi connectivity index (χ3n) is 0.316. The van der Waals surface area contributed by atoms with Crippen LogP contribution in [0.3, 0.4) is 0 Å². The standard InChI is InChI=1S/C3H8O2.CH4O/c4-2-1-3-5;1-2/h4-5H,1-3H2;2H,1H3. The van der Waals surface area contributed by atoms with Gasteiger partial charge in [0.2, 0.25) is 0 Å². The van der Waals surface area contributed by atoms with Gasteiger partial charge in [-0.2, -0.15) is 0 Å². The Labute approximate surface area is 43.2 Å². The van der Waals surface area contributed by atoms with E-state index in [2.05, 4.69) is 0 Å². The minimum Gasteiger partial charge on any atom is -0.400 e. The molecule has 3 N–H and O–H groups in total. The fourth-order valence-corrected chi connectivity index (χ4v) is 0.0707. The molecule has 0 amide bonds. The molecule has 0 atom stereocenters. The van der Waals surface area contributed by atoms with Gasteiger partial charge >= 0.3 is 0 Å².